The number of amides is 1. The van der Waals surface area contributed by atoms with Gasteiger partial charge < -0.3 is 10.1 Å². The van der Waals surface area contributed by atoms with E-state index >= 15 is 0 Å². The summed E-state index contributed by atoms with van der Waals surface area (Å²) in [7, 11) is 0. The van der Waals surface area contributed by atoms with E-state index < -0.39 is 6.10 Å². The van der Waals surface area contributed by atoms with Crippen LogP contribution in [0, 0.1) is 0 Å². The first-order chi connectivity index (χ1) is 10.1. The van der Waals surface area contributed by atoms with E-state index in [0.29, 0.717) is 17.9 Å². The summed E-state index contributed by atoms with van der Waals surface area (Å²) in [5.74, 6) is 0.299. The molecule has 0 aliphatic carbocycles. The summed E-state index contributed by atoms with van der Waals surface area (Å²) in [4.78, 5) is 24.4. The molecule has 21 heavy (non-hydrogen) atoms. The molecule has 2 aromatic rings. The van der Waals surface area contributed by atoms with Crippen molar-refractivity contribution in [3.63, 3.8) is 0 Å². The lowest BCUT2D eigenvalue weighted by atomic mass is 10.1. The van der Waals surface area contributed by atoms with Gasteiger partial charge in [-0.1, -0.05) is 18.2 Å². The number of Topliss-reactive ketones (excluding diaryl/α,β-unsaturated/α-hetero) is 1. The Morgan fingerprint density at radius 2 is 2.10 bits per heavy atom. The molecule has 0 fully saturated rings. The zero-order valence-electron chi connectivity index (χ0n) is 12.0. The van der Waals surface area contributed by atoms with Gasteiger partial charge in [-0.2, -0.15) is 0 Å². The average molecular weight is 303 g/mol. The number of rotatable bonds is 6. The highest BCUT2D eigenvalue weighted by atomic mass is 32.1. The molecule has 1 unspecified atom stereocenters. The molecule has 1 aromatic heterocycles. The van der Waals surface area contributed by atoms with Crippen LogP contribution in [-0.4, -0.2) is 17.8 Å². The number of carbonyl (C=O) groups excluding carboxylic acids is 2. The second-order valence-corrected chi connectivity index (χ2v) is 5.67. The van der Waals surface area contributed by atoms with Crippen molar-refractivity contribution >= 4 is 23.0 Å². The predicted octanol–water partition coefficient (Wildman–Crippen LogP) is 3.03. The SMILES string of the molecule is CC(=O)c1cccc(OC(C)C(=O)NCc2cccs2)c1. The molecule has 1 atom stereocenters. The lowest BCUT2D eigenvalue weighted by Gasteiger charge is -2.14. The molecule has 0 aliphatic rings. The van der Waals surface area contributed by atoms with Crippen LogP contribution < -0.4 is 10.1 Å². The number of benzene rings is 1. The molecule has 5 heteroatoms. The minimum atomic E-state index is -0.618. The normalized spacial score (nSPS) is 11.7. The van der Waals surface area contributed by atoms with Crippen LogP contribution in [0.2, 0.25) is 0 Å². The van der Waals surface area contributed by atoms with Crippen molar-refractivity contribution in [3.8, 4) is 5.75 Å². The molecule has 4 nitrogen and oxygen atoms in total. The third-order valence-corrected chi connectivity index (χ3v) is 3.82. The number of ketones is 1. The number of thiophene rings is 1. The summed E-state index contributed by atoms with van der Waals surface area (Å²) in [5.41, 5.74) is 0.568. The van der Waals surface area contributed by atoms with Gasteiger partial charge in [-0.15, -0.1) is 11.3 Å². The summed E-state index contributed by atoms with van der Waals surface area (Å²) in [6.07, 6.45) is -0.618. The summed E-state index contributed by atoms with van der Waals surface area (Å²) in [5, 5.41) is 4.79. The highest BCUT2D eigenvalue weighted by Crippen LogP contribution is 2.15. The number of hydrogen-bond donors (Lipinski definition) is 1. The van der Waals surface area contributed by atoms with Gasteiger partial charge in [-0.3, -0.25) is 9.59 Å². The van der Waals surface area contributed by atoms with Gasteiger partial charge in [0.2, 0.25) is 0 Å². The van der Waals surface area contributed by atoms with Crippen LogP contribution >= 0.6 is 11.3 Å². The van der Waals surface area contributed by atoms with Gasteiger partial charge in [0.1, 0.15) is 5.75 Å². The fraction of sp³-hybridized carbons (Fsp3) is 0.250. The highest BCUT2D eigenvalue weighted by Gasteiger charge is 2.14. The van der Waals surface area contributed by atoms with Gasteiger partial charge in [0.15, 0.2) is 11.9 Å². The number of ether oxygens (including phenoxy) is 1. The van der Waals surface area contributed by atoms with Crippen LogP contribution in [0.1, 0.15) is 29.1 Å². The minimum Gasteiger partial charge on any atom is -0.481 e. The topological polar surface area (TPSA) is 55.4 Å². The Labute approximate surface area is 127 Å². The Hall–Kier alpha value is -2.14. The molecule has 0 spiro atoms. The van der Waals surface area contributed by atoms with Crippen molar-refractivity contribution in [2.24, 2.45) is 0 Å². The maximum Gasteiger partial charge on any atom is 0.261 e. The molecular weight excluding hydrogens is 286 g/mol. The van der Waals surface area contributed by atoms with Crippen LogP contribution in [-0.2, 0) is 11.3 Å². The van der Waals surface area contributed by atoms with E-state index in [1.165, 1.54) is 6.92 Å². The first kappa shape index (κ1) is 15.3. The van der Waals surface area contributed by atoms with Gasteiger partial charge in [0.25, 0.3) is 5.91 Å². The van der Waals surface area contributed by atoms with Crippen LogP contribution in [0.4, 0.5) is 0 Å². The van der Waals surface area contributed by atoms with Crippen molar-refractivity contribution in [2.75, 3.05) is 0 Å². The van der Waals surface area contributed by atoms with Crippen molar-refractivity contribution < 1.29 is 14.3 Å². The lowest BCUT2D eigenvalue weighted by Crippen LogP contribution is -2.35. The fourth-order valence-corrected chi connectivity index (χ4v) is 2.42. The third kappa shape index (κ3) is 4.43. The molecule has 0 aliphatic heterocycles. The van der Waals surface area contributed by atoms with E-state index in [0.717, 1.165) is 4.88 Å². The van der Waals surface area contributed by atoms with Crippen molar-refractivity contribution in [2.45, 2.75) is 26.5 Å². The summed E-state index contributed by atoms with van der Waals surface area (Å²) in [6, 6.07) is 10.7. The monoisotopic (exact) mass is 303 g/mol. The fourth-order valence-electron chi connectivity index (χ4n) is 1.78. The smallest absolute Gasteiger partial charge is 0.261 e. The van der Waals surface area contributed by atoms with Gasteiger partial charge in [-0.05, 0) is 37.4 Å². The lowest BCUT2D eigenvalue weighted by molar-refractivity contribution is -0.127. The molecule has 0 saturated heterocycles. The highest BCUT2D eigenvalue weighted by molar-refractivity contribution is 7.09. The van der Waals surface area contributed by atoms with Crippen LogP contribution in [0.5, 0.6) is 5.75 Å². The predicted molar refractivity (Wildman–Crippen MR) is 82.7 cm³/mol. The molecule has 1 amide bonds. The largest absolute Gasteiger partial charge is 0.481 e. The molecule has 2 rings (SSSR count). The van der Waals surface area contributed by atoms with E-state index in [9.17, 15) is 9.59 Å². The van der Waals surface area contributed by atoms with Crippen LogP contribution in [0.25, 0.3) is 0 Å². The standard InChI is InChI=1S/C16H17NO3S/c1-11(18)13-5-3-6-14(9-13)20-12(2)16(19)17-10-15-7-4-8-21-15/h3-9,12H,10H2,1-2H3,(H,17,19). The minimum absolute atomic E-state index is 0.0322. The van der Waals surface area contributed by atoms with Crippen LogP contribution in [0.3, 0.4) is 0 Å². The molecule has 0 radical (unpaired) electrons. The first-order valence-electron chi connectivity index (χ1n) is 6.64. The quantitative estimate of drug-likeness (QED) is 0.835. The molecule has 1 heterocycles. The van der Waals surface area contributed by atoms with E-state index in [-0.39, 0.29) is 11.7 Å². The summed E-state index contributed by atoms with van der Waals surface area (Å²) >= 11 is 1.59. The molecule has 1 N–H and O–H groups in total. The van der Waals surface area contributed by atoms with Gasteiger partial charge in [0.05, 0.1) is 6.54 Å². The first-order valence-corrected chi connectivity index (χ1v) is 7.52. The Balaban J connectivity index is 1.91. The number of carbonyl (C=O) groups is 2. The molecule has 110 valence electrons. The molecule has 0 bridgehead atoms. The average Bonchev–Trinajstić information content (AvgIpc) is 2.98. The van der Waals surface area contributed by atoms with Crippen molar-refractivity contribution in [1.82, 2.24) is 5.32 Å². The Kier molecular flexibility index (Phi) is 5.11. The van der Waals surface area contributed by atoms with Crippen LogP contribution in [0.15, 0.2) is 41.8 Å². The zero-order valence-corrected chi connectivity index (χ0v) is 12.8. The molecule has 1 aromatic carbocycles. The summed E-state index contributed by atoms with van der Waals surface area (Å²) in [6.45, 7) is 3.68. The van der Waals surface area contributed by atoms with Gasteiger partial charge in [-0.25, -0.2) is 0 Å². The molecule has 0 saturated carbocycles. The number of nitrogens with one attached hydrogen (secondary N) is 1. The van der Waals surface area contributed by atoms with E-state index in [2.05, 4.69) is 5.32 Å². The zero-order chi connectivity index (χ0) is 15.2. The van der Waals surface area contributed by atoms with E-state index in [4.69, 9.17) is 4.74 Å². The van der Waals surface area contributed by atoms with E-state index in [1.807, 2.05) is 17.5 Å². The third-order valence-electron chi connectivity index (χ3n) is 2.94. The van der Waals surface area contributed by atoms with E-state index in [1.54, 1.807) is 42.5 Å². The second kappa shape index (κ2) is 7.04. The van der Waals surface area contributed by atoms with Crippen molar-refractivity contribution in [1.29, 1.82) is 0 Å². The number of hydrogen-bond acceptors (Lipinski definition) is 4. The Bertz CT molecular complexity index is 622. The maximum absolute atomic E-state index is 12.0. The maximum atomic E-state index is 12.0. The van der Waals surface area contributed by atoms with Gasteiger partial charge >= 0.3 is 0 Å². The molecular formula is C16H17NO3S. The summed E-state index contributed by atoms with van der Waals surface area (Å²) < 4.78 is 5.58. The Morgan fingerprint density at radius 1 is 1.29 bits per heavy atom. The van der Waals surface area contributed by atoms with Crippen molar-refractivity contribution in [3.05, 3.63) is 52.2 Å². The van der Waals surface area contributed by atoms with Gasteiger partial charge in [0, 0.05) is 10.4 Å². The second-order valence-electron chi connectivity index (χ2n) is 4.64. The Morgan fingerprint density at radius 3 is 2.76 bits per heavy atom.